The minimum atomic E-state index is -0.00858. The number of hydrogen-bond acceptors (Lipinski definition) is 20. The van der Waals surface area contributed by atoms with Gasteiger partial charge in [0.05, 0.1) is 114 Å². The molecule has 2 saturated carbocycles. The Kier molecular flexibility index (Phi) is 24.4. The molecule has 2 fully saturated rings. The topological polar surface area (TPSA) is 397 Å². The van der Waals surface area contributed by atoms with Crippen LogP contribution >= 0.6 is 45.3 Å². The van der Waals surface area contributed by atoms with Crippen molar-refractivity contribution in [3.63, 3.8) is 0 Å². The number of hydrogen-bond donors (Lipinski definition) is 12. The summed E-state index contributed by atoms with van der Waals surface area (Å²) in [6.45, 7) is 4.06. The van der Waals surface area contributed by atoms with Crippen molar-refractivity contribution in [3.05, 3.63) is 287 Å². The predicted octanol–water partition coefficient (Wildman–Crippen LogP) is 26.5. The number of H-pyrrole nitrogens is 8. The molecule has 2 aliphatic carbocycles. The molecule has 16 aromatic heterocycles. The molecule has 28 nitrogen and oxygen atoms in total. The molecule has 0 saturated heterocycles. The Hall–Kier alpha value is -17.2. The number of rotatable bonds is 23. The monoisotopic (exact) mass is 1940 g/mol. The zero-order chi connectivity index (χ0) is 95.7. The fraction of sp³-hybridized carbons (Fsp3) is 0.127. The van der Waals surface area contributed by atoms with Crippen LogP contribution in [-0.2, 0) is 19.2 Å². The molecule has 0 aliphatic heterocycles. The van der Waals surface area contributed by atoms with Crippen LogP contribution in [-0.4, -0.2) is 124 Å². The molecule has 4 amide bonds. The third-order valence-electron chi connectivity index (χ3n) is 25.6. The second-order valence-corrected chi connectivity index (χ2v) is 38.3. The summed E-state index contributed by atoms with van der Waals surface area (Å²) in [7, 11) is 0. The number of imidazole rings is 4. The maximum absolute atomic E-state index is 12.4. The minimum absolute atomic E-state index is 0.00858. The van der Waals surface area contributed by atoms with Gasteiger partial charge in [-0.05, 0) is 247 Å². The van der Waals surface area contributed by atoms with Gasteiger partial charge in [0.2, 0.25) is 23.6 Å². The van der Waals surface area contributed by atoms with Gasteiger partial charge in [-0.15, -0.1) is 0 Å². The molecule has 0 spiro atoms. The number of pyridine rings is 4. The summed E-state index contributed by atoms with van der Waals surface area (Å²) in [6, 6.07) is 65.4. The Morgan fingerprint density at radius 1 is 0.303 bits per heavy atom. The molecule has 8 aromatic carbocycles. The van der Waals surface area contributed by atoms with E-state index < -0.39 is 0 Å². The maximum atomic E-state index is 12.4. The Balaban J connectivity index is 0.000000105. The molecule has 16 heterocycles. The highest BCUT2D eigenvalue weighted by Crippen LogP contribution is 2.43. The summed E-state index contributed by atoms with van der Waals surface area (Å²) in [5.74, 6) is 3.29. The molecule has 696 valence electrons. The lowest BCUT2D eigenvalue weighted by Gasteiger charge is -2.24. The van der Waals surface area contributed by atoms with E-state index in [-0.39, 0.29) is 35.5 Å². The first-order valence-corrected chi connectivity index (χ1v) is 50.6. The lowest BCUT2D eigenvalue weighted by molar-refractivity contribution is -0.122. The lowest BCUT2D eigenvalue weighted by Crippen LogP contribution is -2.28. The first kappa shape index (κ1) is 88.8. The van der Waals surface area contributed by atoms with Crippen LogP contribution in [0, 0.1) is 11.8 Å². The molecule has 142 heavy (non-hydrogen) atoms. The van der Waals surface area contributed by atoms with Crippen molar-refractivity contribution >= 4 is 179 Å². The summed E-state index contributed by atoms with van der Waals surface area (Å²) >= 11 is 6.69. The Bertz CT molecular complexity index is 8810. The number of aromatic nitrogens is 20. The van der Waals surface area contributed by atoms with E-state index in [9.17, 15) is 19.2 Å². The number of thiophene rings is 4. The number of carbonyl (C=O) groups excluding carboxylic acids is 4. The number of aromatic amines is 8. The lowest BCUT2D eigenvalue weighted by atomic mass is 9.85. The zero-order valence-electron chi connectivity index (χ0n) is 76.6. The number of anilines is 4. The van der Waals surface area contributed by atoms with E-state index in [4.69, 9.17) is 19.9 Å². The number of fused-ring (bicyclic) bond motifs is 8. The largest absolute Gasteiger partial charge is 0.337 e. The second-order valence-electron chi connectivity index (χ2n) is 35.2. The number of unbranched alkanes of at least 4 members (excludes halogenated alkanes) is 1. The van der Waals surface area contributed by atoms with Gasteiger partial charge in [0.25, 0.3) is 0 Å². The van der Waals surface area contributed by atoms with Crippen LogP contribution in [0.1, 0.15) is 78.1 Å². The van der Waals surface area contributed by atoms with Crippen LogP contribution in [0.3, 0.4) is 0 Å². The summed E-state index contributed by atoms with van der Waals surface area (Å²) < 4.78 is 0. The number of nitrogens with one attached hydrogen (secondary N) is 12. The van der Waals surface area contributed by atoms with Crippen molar-refractivity contribution in [2.24, 2.45) is 11.8 Å². The van der Waals surface area contributed by atoms with Crippen molar-refractivity contribution < 1.29 is 19.2 Å². The Labute approximate surface area is 826 Å². The van der Waals surface area contributed by atoms with Gasteiger partial charge < -0.3 is 41.2 Å². The van der Waals surface area contributed by atoms with Crippen molar-refractivity contribution in [2.45, 2.75) is 78.1 Å². The molecule has 0 atom stereocenters. The molecule has 32 heteroatoms. The normalized spacial score (nSPS) is 12.5. The first-order valence-electron chi connectivity index (χ1n) is 46.9. The number of carbonyl (C=O) groups is 4. The van der Waals surface area contributed by atoms with Gasteiger partial charge in [-0.25, -0.2) is 19.9 Å². The van der Waals surface area contributed by atoms with Crippen LogP contribution in [0.5, 0.6) is 0 Å². The fourth-order valence-corrected chi connectivity index (χ4v) is 20.5. The van der Waals surface area contributed by atoms with Gasteiger partial charge >= 0.3 is 0 Å². The van der Waals surface area contributed by atoms with Crippen molar-refractivity contribution in [2.75, 3.05) is 21.3 Å². The van der Waals surface area contributed by atoms with Gasteiger partial charge in [-0.3, -0.25) is 59.5 Å². The number of para-hydroxylation sites is 4. The Morgan fingerprint density at radius 2 is 0.599 bits per heavy atom. The third-order valence-corrected chi connectivity index (χ3v) is 28.3. The molecular formula is C110H88N24O4S4. The van der Waals surface area contributed by atoms with Crippen LogP contribution < -0.4 is 21.3 Å². The first-order chi connectivity index (χ1) is 69.8. The van der Waals surface area contributed by atoms with E-state index in [1.165, 1.54) is 0 Å². The van der Waals surface area contributed by atoms with Crippen molar-refractivity contribution in [1.29, 1.82) is 0 Å². The smallest absolute Gasteiger partial charge is 0.227 e. The minimum Gasteiger partial charge on any atom is -0.337 e. The molecule has 26 rings (SSSR count). The van der Waals surface area contributed by atoms with E-state index in [0.717, 1.165) is 268 Å². The second kappa shape index (κ2) is 39.0. The van der Waals surface area contributed by atoms with Gasteiger partial charge in [0.1, 0.15) is 22.8 Å². The highest BCUT2D eigenvalue weighted by molar-refractivity contribution is 7.09. The van der Waals surface area contributed by atoms with Crippen LogP contribution in [0.15, 0.2) is 287 Å². The summed E-state index contributed by atoms with van der Waals surface area (Å²) in [5.41, 5.74) is 33.8. The Morgan fingerprint density at radius 3 is 0.866 bits per heavy atom. The molecule has 24 aromatic rings. The van der Waals surface area contributed by atoms with Gasteiger partial charge in [-0.2, -0.15) is 65.7 Å². The molecule has 12 N–H and O–H groups in total. The number of nitrogens with zero attached hydrogens (tertiary/aromatic N) is 12. The van der Waals surface area contributed by atoms with Crippen LogP contribution in [0.2, 0.25) is 0 Å². The SMILES string of the molecule is CCCC(=O)Nc1cncc(-c2ccc3[nH]nc(-c4nc5c(-c6ccsc6)cccc5[nH]4)c3c2)c1.CCCCC(=O)Nc1cncc(-c2ccc3[nH]nc(-c4nc5c(-c6ccsc6)cccc5[nH]4)c3c2)c1.O=C(Nc1cncc(-c2ccc3[nH]nc(-c4nc5c(-c6ccsc6)cccc5[nH]4)c3c2)c1)C1CC1.O=C(Nc1cncc(-c2ccc3[nH]nc(-c4nc5c(-c6ccsc6)cccc5[nH]4)c3c2)c1)C1CCC1. The van der Waals surface area contributed by atoms with E-state index >= 15 is 0 Å². The third kappa shape index (κ3) is 18.4. The van der Waals surface area contributed by atoms with Gasteiger partial charge in [-0.1, -0.05) is 99.5 Å². The summed E-state index contributed by atoms with van der Waals surface area (Å²) in [4.78, 5) is 99.7. The van der Waals surface area contributed by atoms with Crippen LogP contribution in [0.4, 0.5) is 22.7 Å². The summed E-state index contributed by atoms with van der Waals surface area (Å²) in [5, 5.41) is 63.4. The predicted molar refractivity (Wildman–Crippen MR) is 570 cm³/mol. The van der Waals surface area contributed by atoms with Gasteiger partial charge in [0.15, 0.2) is 23.3 Å². The van der Waals surface area contributed by atoms with Gasteiger partial charge in [0, 0.05) is 116 Å². The molecule has 0 unspecified atom stereocenters. The summed E-state index contributed by atoms with van der Waals surface area (Å²) in [6.07, 6.45) is 22.6. The maximum Gasteiger partial charge on any atom is 0.227 e. The van der Waals surface area contributed by atoms with E-state index in [1.807, 2.05) is 141 Å². The highest BCUT2D eigenvalue weighted by Gasteiger charge is 2.31. The van der Waals surface area contributed by atoms with Crippen LogP contribution in [0.25, 0.3) is 223 Å². The van der Waals surface area contributed by atoms with E-state index in [0.29, 0.717) is 41.6 Å². The fourth-order valence-electron chi connectivity index (χ4n) is 17.9. The number of benzene rings is 8. The molecule has 0 radical (unpaired) electrons. The standard InChI is InChI=1S/C28H22N6OS.C28H24N6OS.C27H20N6OS.C27H22N6OS/c35-28(16-3-1-4-16)30-20-11-19(13-29-14-20)17-7-8-23-22(12-17)26(34-33-23)27-31-24-6-2-5-21(25(24)32-27)18-9-10-36-15-18;1-2-3-7-25(35)30-20-12-19(14-29-15-20)17-8-9-23-22(13-17)27(34-33-23)28-31-24-6-4-5-21(26(24)32-28)18-10-11-36-16-18;34-27(15-4-5-15)29-19-10-18(12-28-13-19)16-6-7-22-21(11-16)25(33-32-22)26-30-23-3-1-2-20(24(23)31-26)17-8-9-35-14-17;1-2-4-24(34)29-19-11-18(13-28-14-19)16-7-8-22-21(12-16)26(33-32-22)27-30-23-6-3-5-20(25(23)31-27)17-9-10-35-15-17/h2,5-16H,1,3-4H2,(H,30,35)(H,31,32)(H,33,34);4-6,8-16H,2-3,7H2,1H3,(H,30,35)(H,31,32)(H,33,34);1-3,6-15H,4-5H2,(H,29,34)(H,30,31)(H,32,33);3,5-15H,2,4H2,1H3,(H,29,34)(H,30,31)(H,32,33). The van der Waals surface area contributed by atoms with Crippen molar-refractivity contribution in [1.82, 2.24) is 101 Å². The quantitative estimate of drug-likeness (QED) is 0.0283. The average molecular weight is 1940 g/mol. The van der Waals surface area contributed by atoms with E-state index in [1.54, 1.807) is 82.5 Å². The average Bonchev–Trinajstić information content (AvgIpc) is 1.62. The zero-order valence-corrected chi connectivity index (χ0v) is 79.8. The highest BCUT2D eigenvalue weighted by atomic mass is 32.1. The number of amides is 4. The molecule has 0 bridgehead atoms. The molecular weight excluding hydrogens is 1850 g/mol. The van der Waals surface area contributed by atoms with E-state index in [2.05, 4.69) is 225 Å². The van der Waals surface area contributed by atoms with Crippen molar-refractivity contribution in [3.8, 4) is 135 Å². The molecule has 2 aliphatic rings.